The van der Waals surface area contributed by atoms with Crippen molar-refractivity contribution in [1.29, 1.82) is 0 Å². The molecule has 4 nitrogen and oxygen atoms in total. The molecule has 1 fully saturated rings. The monoisotopic (exact) mass is 200 g/mol. The minimum Gasteiger partial charge on any atom is -0.453 e. The minimum atomic E-state index is -0.383. The van der Waals surface area contributed by atoms with Gasteiger partial charge in [0.25, 0.3) is 0 Å². The molecule has 0 aromatic carbocycles. The van der Waals surface area contributed by atoms with E-state index in [1.807, 2.05) is 0 Å². The van der Waals surface area contributed by atoms with Gasteiger partial charge in [-0.3, -0.25) is 0 Å². The van der Waals surface area contributed by atoms with Gasteiger partial charge in [0.2, 0.25) is 0 Å². The second-order valence-electron chi connectivity index (χ2n) is 4.38. The fourth-order valence-corrected chi connectivity index (χ4v) is 2.36. The summed E-state index contributed by atoms with van der Waals surface area (Å²) >= 11 is 0. The van der Waals surface area contributed by atoms with Crippen LogP contribution in [0, 0.1) is 11.8 Å². The van der Waals surface area contributed by atoms with Gasteiger partial charge in [-0.05, 0) is 24.7 Å². The van der Waals surface area contributed by atoms with Gasteiger partial charge < -0.3 is 15.8 Å². The van der Waals surface area contributed by atoms with E-state index in [1.165, 1.54) is 7.11 Å². The van der Waals surface area contributed by atoms with Gasteiger partial charge in [0.1, 0.15) is 0 Å². The van der Waals surface area contributed by atoms with Crippen LogP contribution in [0.15, 0.2) is 0 Å². The first-order valence-electron chi connectivity index (χ1n) is 5.14. The highest BCUT2D eigenvalue weighted by Crippen LogP contribution is 2.27. The van der Waals surface area contributed by atoms with Gasteiger partial charge in [-0.1, -0.05) is 13.8 Å². The molecule has 1 amide bonds. The molecule has 0 aliphatic heterocycles. The zero-order valence-electron chi connectivity index (χ0n) is 9.12. The van der Waals surface area contributed by atoms with Gasteiger partial charge in [-0.2, -0.15) is 0 Å². The van der Waals surface area contributed by atoms with Crippen molar-refractivity contribution in [2.24, 2.45) is 17.6 Å². The maximum absolute atomic E-state index is 11.1. The third-order valence-corrected chi connectivity index (χ3v) is 2.99. The van der Waals surface area contributed by atoms with Gasteiger partial charge in [-0.15, -0.1) is 0 Å². The highest BCUT2D eigenvalue weighted by Gasteiger charge is 2.32. The maximum Gasteiger partial charge on any atom is 0.407 e. The molecule has 0 saturated heterocycles. The topological polar surface area (TPSA) is 64.3 Å². The van der Waals surface area contributed by atoms with E-state index in [0.29, 0.717) is 11.8 Å². The normalized spacial score (nSPS) is 37.7. The van der Waals surface area contributed by atoms with E-state index in [0.717, 1.165) is 12.8 Å². The quantitative estimate of drug-likeness (QED) is 0.666. The number of hydrogen-bond acceptors (Lipinski definition) is 3. The fraction of sp³-hybridized carbons (Fsp3) is 0.900. The first-order chi connectivity index (χ1) is 6.54. The van der Waals surface area contributed by atoms with E-state index in [4.69, 9.17) is 5.73 Å². The molecular formula is C10H20N2O2. The second kappa shape index (κ2) is 4.64. The smallest absolute Gasteiger partial charge is 0.407 e. The Morgan fingerprint density at radius 2 is 2.07 bits per heavy atom. The molecule has 14 heavy (non-hydrogen) atoms. The number of hydrogen-bond donors (Lipinski definition) is 2. The molecule has 82 valence electrons. The van der Waals surface area contributed by atoms with Crippen molar-refractivity contribution in [3.8, 4) is 0 Å². The van der Waals surface area contributed by atoms with Crippen LogP contribution < -0.4 is 11.1 Å². The SMILES string of the molecule is COC(=O)N[C@@H]1[C@H](N)C[C@H](C)C[C@@H]1C. The molecule has 1 saturated carbocycles. The lowest BCUT2D eigenvalue weighted by Crippen LogP contribution is -2.54. The molecule has 4 atom stereocenters. The fourth-order valence-electron chi connectivity index (χ4n) is 2.36. The van der Waals surface area contributed by atoms with Crippen LogP contribution in [0.25, 0.3) is 0 Å². The molecule has 0 radical (unpaired) electrons. The summed E-state index contributed by atoms with van der Waals surface area (Å²) in [6.07, 6.45) is 1.70. The summed E-state index contributed by atoms with van der Waals surface area (Å²) in [5, 5.41) is 2.80. The van der Waals surface area contributed by atoms with Crippen molar-refractivity contribution in [1.82, 2.24) is 5.32 Å². The number of methoxy groups -OCH3 is 1. The van der Waals surface area contributed by atoms with Gasteiger partial charge >= 0.3 is 6.09 Å². The molecule has 4 heteroatoms. The Balaban J connectivity index is 2.53. The van der Waals surface area contributed by atoms with Gasteiger partial charge in [0.15, 0.2) is 0 Å². The Morgan fingerprint density at radius 3 is 2.57 bits per heavy atom. The summed E-state index contributed by atoms with van der Waals surface area (Å²) in [4.78, 5) is 11.1. The molecule has 0 bridgehead atoms. The third-order valence-electron chi connectivity index (χ3n) is 2.99. The number of nitrogens with two attached hydrogens (primary N) is 1. The van der Waals surface area contributed by atoms with Crippen LogP contribution >= 0.6 is 0 Å². The van der Waals surface area contributed by atoms with Crippen LogP contribution in [0.1, 0.15) is 26.7 Å². The molecule has 1 aliphatic rings. The van der Waals surface area contributed by atoms with Gasteiger partial charge in [0.05, 0.1) is 7.11 Å². The molecule has 0 spiro atoms. The standard InChI is InChI=1S/C10H20N2O2/c1-6-4-7(2)9(8(11)5-6)12-10(13)14-3/h6-9H,4-5,11H2,1-3H3,(H,12,13)/t6-,7+,8-,9+/m1/s1. The van der Waals surface area contributed by atoms with Crippen molar-refractivity contribution in [2.45, 2.75) is 38.8 Å². The zero-order chi connectivity index (χ0) is 10.7. The van der Waals surface area contributed by atoms with Crippen LogP contribution in [0.4, 0.5) is 4.79 Å². The van der Waals surface area contributed by atoms with E-state index >= 15 is 0 Å². The summed E-state index contributed by atoms with van der Waals surface area (Å²) in [5.74, 6) is 1.07. The molecule has 1 rings (SSSR count). The predicted octanol–water partition coefficient (Wildman–Crippen LogP) is 1.10. The van der Waals surface area contributed by atoms with Crippen LogP contribution in [0.3, 0.4) is 0 Å². The number of carbonyl (C=O) groups is 1. The largest absolute Gasteiger partial charge is 0.453 e. The number of amides is 1. The summed E-state index contributed by atoms with van der Waals surface area (Å²) in [5.41, 5.74) is 5.99. The summed E-state index contributed by atoms with van der Waals surface area (Å²) in [6.45, 7) is 4.32. The van der Waals surface area contributed by atoms with Gasteiger partial charge in [-0.25, -0.2) is 4.79 Å². The van der Waals surface area contributed by atoms with Crippen molar-refractivity contribution >= 4 is 6.09 Å². The molecule has 0 unspecified atom stereocenters. The highest BCUT2D eigenvalue weighted by molar-refractivity contribution is 5.67. The van der Waals surface area contributed by atoms with E-state index in [-0.39, 0.29) is 18.2 Å². The molecule has 0 heterocycles. The van der Waals surface area contributed by atoms with Crippen LogP contribution in [0.2, 0.25) is 0 Å². The Labute approximate surface area is 85.2 Å². The van der Waals surface area contributed by atoms with Crippen molar-refractivity contribution < 1.29 is 9.53 Å². The van der Waals surface area contributed by atoms with E-state index in [1.54, 1.807) is 0 Å². The lowest BCUT2D eigenvalue weighted by molar-refractivity contribution is 0.143. The zero-order valence-corrected chi connectivity index (χ0v) is 9.12. The number of nitrogens with one attached hydrogen (secondary N) is 1. The van der Waals surface area contributed by atoms with Crippen LogP contribution in [-0.2, 0) is 4.74 Å². The van der Waals surface area contributed by atoms with Crippen molar-refractivity contribution in [2.75, 3.05) is 7.11 Å². The molecular weight excluding hydrogens is 180 g/mol. The maximum atomic E-state index is 11.1. The van der Waals surface area contributed by atoms with Crippen LogP contribution in [-0.4, -0.2) is 25.3 Å². The number of rotatable bonds is 1. The van der Waals surface area contributed by atoms with Crippen molar-refractivity contribution in [3.63, 3.8) is 0 Å². The average Bonchev–Trinajstić information content (AvgIpc) is 2.10. The van der Waals surface area contributed by atoms with Crippen LogP contribution in [0.5, 0.6) is 0 Å². The second-order valence-corrected chi connectivity index (χ2v) is 4.38. The average molecular weight is 200 g/mol. The highest BCUT2D eigenvalue weighted by atomic mass is 16.5. The Morgan fingerprint density at radius 1 is 1.43 bits per heavy atom. The molecule has 0 aromatic rings. The van der Waals surface area contributed by atoms with Gasteiger partial charge in [0, 0.05) is 12.1 Å². The first kappa shape index (κ1) is 11.3. The van der Waals surface area contributed by atoms with Crippen molar-refractivity contribution in [3.05, 3.63) is 0 Å². The molecule has 3 N–H and O–H groups in total. The first-order valence-corrected chi connectivity index (χ1v) is 5.14. The lowest BCUT2D eigenvalue weighted by Gasteiger charge is -2.37. The Kier molecular flexibility index (Phi) is 3.75. The minimum absolute atomic E-state index is 0.0489. The summed E-state index contributed by atoms with van der Waals surface area (Å²) < 4.78 is 4.57. The lowest BCUT2D eigenvalue weighted by atomic mass is 9.77. The van der Waals surface area contributed by atoms with E-state index < -0.39 is 0 Å². The van der Waals surface area contributed by atoms with E-state index in [2.05, 4.69) is 23.9 Å². The summed E-state index contributed by atoms with van der Waals surface area (Å²) in [7, 11) is 1.37. The third kappa shape index (κ3) is 2.61. The number of alkyl carbamates (subject to hydrolysis) is 1. The number of carbonyl (C=O) groups excluding carboxylic acids is 1. The summed E-state index contributed by atoms with van der Waals surface area (Å²) in [6, 6.07) is 0.103. The Bertz CT molecular complexity index is 196. The van der Waals surface area contributed by atoms with E-state index in [9.17, 15) is 4.79 Å². The molecule has 1 aliphatic carbocycles. The predicted molar refractivity (Wildman–Crippen MR) is 54.9 cm³/mol. The molecule has 0 aromatic heterocycles. The number of ether oxygens (including phenoxy) is 1. The Hall–Kier alpha value is -0.770.